The number of carbonyl (C=O) groups excluding carboxylic acids is 2. The molecule has 2 rings (SSSR count). The number of hydrogen-bond acceptors (Lipinski definition) is 3. The Labute approximate surface area is 106 Å². The summed E-state index contributed by atoms with van der Waals surface area (Å²) in [6, 6.07) is 7.64. The van der Waals surface area contributed by atoms with Gasteiger partial charge in [0, 0.05) is 38.2 Å². The molecule has 0 bridgehead atoms. The first kappa shape index (κ1) is 12.6. The van der Waals surface area contributed by atoms with Crippen molar-refractivity contribution in [2.75, 3.05) is 13.6 Å². The Bertz CT molecular complexity index is 442. The number of hydrogen-bond donors (Lipinski definition) is 3. The molecule has 1 heterocycles. The van der Waals surface area contributed by atoms with Crippen molar-refractivity contribution < 1.29 is 9.59 Å². The average molecular weight is 247 g/mol. The van der Waals surface area contributed by atoms with Crippen molar-refractivity contribution in [3.63, 3.8) is 0 Å². The molecule has 0 spiro atoms. The van der Waals surface area contributed by atoms with E-state index in [1.807, 2.05) is 12.1 Å². The van der Waals surface area contributed by atoms with E-state index in [0.29, 0.717) is 25.1 Å². The minimum atomic E-state index is -0.0832. The third kappa shape index (κ3) is 3.07. The van der Waals surface area contributed by atoms with Crippen molar-refractivity contribution in [1.29, 1.82) is 0 Å². The van der Waals surface area contributed by atoms with Crippen molar-refractivity contribution in [3.8, 4) is 0 Å². The number of carbonyl (C=O) groups is 2. The average Bonchev–Trinajstić information content (AvgIpc) is 2.82. The SMILES string of the molecule is CNC(=O)c1ccc(CNC2CNC(=O)C2)cc1. The highest BCUT2D eigenvalue weighted by atomic mass is 16.2. The van der Waals surface area contributed by atoms with E-state index in [2.05, 4.69) is 16.0 Å². The Balaban J connectivity index is 1.86. The summed E-state index contributed by atoms with van der Waals surface area (Å²) in [6.45, 7) is 1.39. The summed E-state index contributed by atoms with van der Waals surface area (Å²) in [5.41, 5.74) is 1.75. The molecule has 0 saturated carbocycles. The fourth-order valence-corrected chi connectivity index (χ4v) is 1.93. The number of amides is 2. The third-order valence-corrected chi connectivity index (χ3v) is 3.02. The molecule has 0 aliphatic carbocycles. The van der Waals surface area contributed by atoms with Crippen LogP contribution in [0.5, 0.6) is 0 Å². The molecule has 1 unspecified atom stereocenters. The van der Waals surface area contributed by atoms with Gasteiger partial charge in [0.1, 0.15) is 0 Å². The van der Waals surface area contributed by atoms with E-state index in [4.69, 9.17) is 0 Å². The summed E-state index contributed by atoms with van der Waals surface area (Å²) in [6.07, 6.45) is 0.538. The van der Waals surface area contributed by atoms with E-state index in [1.54, 1.807) is 19.2 Å². The van der Waals surface area contributed by atoms with Gasteiger partial charge in [0.05, 0.1) is 0 Å². The topological polar surface area (TPSA) is 70.2 Å². The van der Waals surface area contributed by atoms with Gasteiger partial charge in [-0.3, -0.25) is 9.59 Å². The van der Waals surface area contributed by atoms with Crippen LogP contribution in [0.1, 0.15) is 22.3 Å². The van der Waals surface area contributed by atoms with E-state index < -0.39 is 0 Å². The van der Waals surface area contributed by atoms with Gasteiger partial charge < -0.3 is 16.0 Å². The minimum Gasteiger partial charge on any atom is -0.355 e. The maximum absolute atomic E-state index is 11.4. The molecule has 1 aliphatic heterocycles. The van der Waals surface area contributed by atoms with Gasteiger partial charge in [-0.2, -0.15) is 0 Å². The van der Waals surface area contributed by atoms with Gasteiger partial charge in [-0.05, 0) is 17.7 Å². The first-order chi connectivity index (χ1) is 8.69. The van der Waals surface area contributed by atoms with Crippen molar-refractivity contribution >= 4 is 11.8 Å². The normalized spacial score (nSPS) is 18.5. The second-order valence-electron chi connectivity index (χ2n) is 4.36. The predicted octanol–water partition coefficient (Wildman–Crippen LogP) is 0.0243. The summed E-state index contributed by atoms with van der Waals surface area (Å²) in [7, 11) is 1.61. The van der Waals surface area contributed by atoms with E-state index in [1.165, 1.54) is 0 Å². The second kappa shape index (κ2) is 5.64. The molecule has 96 valence electrons. The molecular formula is C13H17N3O2. The Morgan fingerprint density at radius 2 is 2.11 bits per heavy atom. The summed E-state index contributed by atoms with van der Waals surface area (Å²) < 4.78 is 0. The Morgan fingerprint density at radius 1 is 1.39 bits per heavy atom. The van der Waals surface area contributed by atoms with Crippen LogP contribution >= 0.6 is 0 Å². The lowest BCUT2D eigenvalue weighted by Crippen LogP contribution is -2.30. The zero-order valence-corrected chi connectivity index (χ0v) is 10.3. The predicted molar refractivity (Wildman–Crippen MR) is 68.1 cm³/mol. The highest BCUT2D eigenvalue weighted by molar-refractivity contribution is 5.93. The van der Waals surface area contributed by atoms with E-state index in [0.717, 1.165) is 5.56 Å². The molecule has 1 atom stereocenters. The fraction of sp³-hybridized carbons (Fsp3) is 0.385. The van der Waals surface area contributed by atoms with E-state index in [-0.39, 0.29) is 17.9 Å². The monoisotopic (exact) mass is 247 g/mol. The molecule has 5 heteroatoms. The van der Waals surface area contributed by atoms with Crippen LogP contribution in [0.2, 0.25) is 0 Å². The van der Waals surface area contributed by atoms with Gasteiger partial charge in [-0.1, -0.05) is 12.1 Å². The zero-order valence-electron chi connectivity index (χ0n) is 10.3. The number of benzene rings is 1. The Hall–Kier alpha value is -1.88. The van der Waals surface area contributed by atoms with E-state index in [9.17, 15) is 9.59 Å². The molecule has 3 N–H and O–H groups in total. The Morgan fingerprint density at radius 3 is 2.67 bits per heavy atom. The minimum absolute atomic E-state index is 0.0832. The molecule has 1 aromatic rings. The lowest BCUT2D eigenvalue weighted by molar-refractivity contribution is -0.119. The second-order valence-corrected chi connectivity index (χ2v) is 4.36. The Kier molecular flexibility index (Phi) is 3.94. The van der Waals surface area contributed by atoms with Gasteiger partial charge in [0.25, 0.3) is 5.91 Å². The molecule has 1 saturated heterocycles. The molecule has 0 aromatic heterocycles. The molecule has 18 heavy (non-hydrogen) atoms. The van der Waals surface area contributed by atoms with Crippen molar-refractivity contribution in [2.24, 2.45) is 0 Å². The molecule has 0 radical (unpaired) electrons. The van der Waals surface area contributed by atoms with Crippen LogP contribution in [-0.4, -0.2) is 31.4 Å². The van der Waals surface area contributed by atoms with Gasteiger partial charge in [-0.15, -0.1) is 0 Å². The van der Waals surface area contributed by atoms with E-state index >= 15 is 0 Å². The zero-order chi connectivity index (χ0) is 13.0. The lowest BCUT2D eigenvalue weighted by atomic mass is 10.1. The van der Waals surface area contributed by atoms with Gasteiger partial charge in [0.15, 0.2) is 0 Å². The molecule has 2 amide bonds. The standard InChI is InChI=1S/C13H17N3O2/c1-14-13(18)10-4-2-9(3-5-10)7-15-11-6-12(17)16-8-11/h2-5,11,15H,6-8H2,1H3,(H,14,18)(H,16,17). The van der Waals surface area contributed by atoms with Crippen LogP contribution in [0.25, 0.3) is 0 Å². The fourth-order valence-electron chi connectivity index (χ4n) is 1.93. The summed E-state index contributed by atoms with van der Waals surface area (Å²) in [4.78, 5) is 22.4. The van der Waals surface area contributed by atoms with Crippen LogP contribution in [-0.2, 0) is 11.3 Å². The smallest absolute Gasteiger partial charge is 0.251 e. The first-order valence-corrected chi connectivity index (χ1v) is 6.00. The largest absolute Gasteiger partial charge is 0.355 e. The van der Waals surface area contributed by atoms with Gasteiger partial charge >= 0.3 is 0 Å². The first-order valence-electron chi connectivity index (χ1n) is 6.00. The van der Waals surface area contributed by atoms with Crippen LogP contribution in [0.3, 0.4) is 0 Å². The maximum Gasteiger partial charge on any atom is 0.251 e. The van der Waals surface area contributed by atoms with Gasteiger partial charge in [0.2, 0.25) is 5.91 Å². The molecule has 5 nitrogen and oxygen atoms in total. The summed E-state index contributed by atoms with van der Waals surface area (Å²) in [5.74, 6) is 0.0163. The van der Waals surface area contributed by atoms with Crippen LogP contribution in [0.15, 0.2) is 24.3 Å². The highest BCUT2D eigenvalue weighted by Gasteiger charge is 2.20. The third-order valence-electron chi connectivity index (χ3n) is 3.02. The van der Waals surface area contributed by atoms with Crippen LogP contribution in [0, 0.1) is 0 Å². The molecular weight excluding hydrogens is 230 g/mol. The van der Waals surface area contributed by atoms with Gasteiger partial charge in [-0.25, -0.2) is 0 Å². The summed E-state index contributed by atoms with van der Waals surface area (Å²) >= 11 is 0. The quantitative estimate of drug-likeness (QED) is 0.702. The molecule has 1 aliphatic rings. The lowest BCUT2D eigenvalue weighted by Gasteiger charge is -2.10. The van der Waals surface area contributed by atoms with Crippen LogP contribution in [0.4, 0.5) is 0 Å². The molecule has 1 fully saturated rings. The summed E-state index contributed by atoms with van der Waals surface area (Å²) in [5, 5.41) is 8.67. The van der Waals surface area contributed by atoms with Crippen molar-refractivity contribution in [1.82, 2.24) is 16.0 Å². The van der Waals surface area contributed by atoms with Crippen molar-refractivity contribution in [2.45, 2.75) is 19.0 Å². The maximum atomic E-state index is 11.4. The number of nitrogens with one attached hydrogen (secondary N) is 3. The number of rotatable bonds is 4. The van der Waals surface area contributed by atoms with Crippen LogP contribution < -0.4 is 16.0 Å². The van der Waals surface area contributed by atoms with Crippen molar-refractivity contribution in [3.05, 3.63) is 35.4 Å². The highest BCUT2D eigenvalue weighted by Crippen LogP contribution is 2.06. The molecule has 1 aromatic carbocycles.